The number of aromatic nitrogens is 1. The van der Waals surface area contributed by atoms with E-state index in [0.29, 0.717) is 5.75 Å². The van der Waals surface area contributed by atoms with E-state index in [9.17, 15) is 4.79 Å². The summed E-state index contributed by atoms with van der Waals surface area (Å²) in [4.78, 5) is 15.1. The Morgan fingerprint density at radius 2 is 2.00 bits per heavy atom. The fraction of sp³-hybridized carbons (Fsp3) is 0.167. The first-order chi connectivity index (χ1) is 7.65. The predicted molar refractivity (Wildman–Crippen MR) is 63.6 cm³/mol. The molecule has 0 aliphatic carbocycles. The molecule has 4 heteroatoms. The number of hydrogen-bond acceptors (Lipinski definition) is 4. The maximum atomic E-state index is 10.7. The highest BCUT2D eigenvalue weighted by atomic mass is 32.1. The van der Waals surface area contributed by atoms with Crippen LogP contribution in [0, 0.1) is 6.92 Å². The molecule has 2 aromatic rings. The van der Waals surface area contributed by atoms with Gasteiger partial charge < -0.3 is 4.74 Å². The van der Waals surface area contributed by atoms with E-state index in [4.69, 9.17) is 4.74 Å². The van der Waals surface area contributed by atoms with Gasteiger partial charge in [-0.3, -0.25) is 4.79 Å². The molecule has 3 nitrogen and oxygen atoms in total. The topological polar surface area (TPSA) is 39.2 Å². The Morgan fingerprint density at radius 3 is 2.50 bits per heavy atom. The number of carbonyl (C=O) groups is 1. The van der Waals surface area contributed by atoms with E-state index in [1.165, 1.54) is 6.92 Å². The second-order valence-electron chi connectivity index (χ2n) is 3.41. The minimum absolute atomic E-state index is 0.308. The van der Waals surface area contributed by atoms with Gasteiger partial charge in [0.2, 0.25) is 0 Å². The van der Waals surface area contributed by atoms with Gasteiger partial charge in [-0.25, -0.2) is 4.98 Å². The molecular formula is C12H11NO2S. The molecule has 0 saturated heterocycles. The fourth-order valence-corrected chi connectivity index (χ4v) is 2.12. The van der Waals surface area contributed by atoms with E-state index in [1.807, 2.05) is 24.4 Å². The normalized spacial score (nSPS) is 10.1. The zero-order valence-electron chi connectivity index (χ0n) is 9.06. The van der Waals surface area contributed by atoms with E-state index in [2.05, 4.69) is 4.98 Å². The van der Waals surface area contributed by atoms with E-state index >= 15 is 0 Å². The van der Waals surface area contributed by atoms with Gasteiger partial charge in [-0.2, -0.15) is 0 Å². The van der Waals surface area contributed by atoms with Crippen molar-refractivity contribution in [3.8, 4) is 16.3 Å². The highest BCUT2D eigenvalue weighted by Crippen LogP contribution is 2.25. The van der Waals surface area contributed by atoms with Crippen LogP contribution in [0.4, 0.5) is 0 Å². The monoisotopic (exact) mass is 233 g/mol. The molecule has 0 aliphatic heterocycles. The number of rotatable bonds is 2. The summed E-state index contributed by atoms with van der Waals surface area (Å²) in [5.74, 6) is 0.252. The van der Waals surface area contributed by atoms with Crippen LogP contribution < -0.4 is 4.74 Å². The van der Waals surface area contributed by atoms with E-state index in [0.717, 1.165) is 16.3 Å². The van der Waals surface area contributed by atoms with Crippen LogP contribution in [0.3, 0.4) is 0 Å². The van der Waals surface area contributed by atoms with Gasteiger partial charge in [-0.15, -0.1) is 11.3 Å². The summed E-state index contributed by atoms with van der Waals surface area (Å²) in [6.07, 6.45) is 0. The lowest BCUT2D eigenvalue weighted by Gasteiger charge is -2.01. The molecule has 0 fully saturated rings. The number of nitrogens with zero attached hydrogens (tertiary/aromatic N) is 1. The maximum absolute atomic E-state index is 10.7. The lowest BCUT2D eigenvalue weighted by Crippen LogP contribution is -2.00. The zero-order valence-corrected chi connectivity index (χ0v) is 9.88. The number of thiazole rings is 1. The van der Waals surface area contributed by atoms with Gasteiger partial charge in [0.15, 0.2) is 0 Å². The quantitative estimate of drug-likeness (QED) is 0.591. The summed E-state index contributed by atoms with van der Waals surface area (Å²) in [7, 11) is 0. The molecule has 16 heavy (non-hydrogen) atoms. The average Bonchev–Trinajstić information content (AvgIpc) is 2.65. The summed E-state index contributed by atoms with van der Waals surface area (Å²) in [6, 6.07) is 7.34. The maximum Gasteiger partial charge on any atom is 0.308 e. The predicted octanol–water partition coefficient (Wildman–Crippen LogP) is 3.04. The molecule has 1 heterocycles. The average molecular weight is 233 g/mol. The van der Waals surface area contributed by atoms with Crippen LogP contribution in [-0.4, -0.2) is 11.0 Å². The lowest BCUT2D eigenvalue weighted by atomic mass is 10.2. The Hall–Kier alpha value is -1.68. The molecule has 2 rings (SSSR count). The van der Waals surface area contributed by atoms with Crippen molar-refractivity contribution in [2.24, 2.45) is 0 Å². The highest BCUT2D eigenvalue weighted by molar-refractivity contribution is 7.13. The van der Waals surface area contributed by atoms with Crippen molar-refractivity contribution in [3.05, 3.63) is 35.3 Å². The Bertz CT molecular complexity index is 502. The van der Waals surface area contributed by atoms with Crippen molar-refractivity contribution < 1.29 is 9.53 Å². The van der Waals surface area contributed by atoms with Crippen LogP contribution in [0.1, 0.15) is 12.6 Å². The van der Waals surface area contributed by atoms with E-state index in [-0.39, 0.29) is 5.97 Å². The number of benzene rings is 1. The molecule has 0 amide bonds. The van der Waals surface area contributed by atoms with Gasteiger partial charge in [-0.05, 0) is 31.2 Å². The van der Waals surface area contributed by atoms with E-state index in [1.54, 1.807) is 23.5 Å². The van der Waals surface area contributed by atoms with Gasteiger partial charge in [0.05, 0.1) is 0 Å². The lowest BCUT2D eigenvalue weighted by molar-refractivity contribution is -0.131. The Kier molecular flexibility index (Phi) is 3.01. The third-order valence-electron chi connectivity index (χ3n) is 1.98. The van der Waals surface area contributed by atoms with Crippen molar-refractivity contribution >= 4 is 17.3 Å². The van der Waals surface area contributed by atoms with E-state index < -0.39 is 0 Å². The number of esters is 1. The molecule has 0 N–H and O–H groups in total. The number of carbonyl (C=O) groups excluding carboxylic acids is 1. The van der Waals surface area contributed by atoms with Crippen LogP contribution >= 0.6 is 11.3 Å². The summed E-state index contributed by atoms with van der Waals surface area (Å²) in [6.45, 7) is 3.35. The van der Waals surface area contributed by atoms with Crippen molar-refractivity contribution in [1.29, 1.82) is 0 Å². The molecule has 1 aromatic carbocycles. The molecule has 0 aliphatic rings. The van der Waals surface area contributed by atoms with Gasteiger partial charge in [0.1, 0.15) is 10.8 Å². The number of ether oxygens (including phenoxy) is 1. The second kappa shape index (κ2) is 4.45. The van der Waals surface area contributed by atoms with Crippen molar-refractivity contribution in [2.45, 2.75) is 13.8 Å². The van der Waals surface area contributed by atoms with Crippen molar-refractivity contribution in [3.63, 3.8) is 0 Å². The van der Waals surface area contributed by atoms with Crippen LogP contribution in [0.15, 0.2) is 29.6 Å². The molecule has 1 aromatic heterocycles. The largest absolute Gasteiger partial charge is 0.427 e. The first kappa shape index (κ1) is 10.8. The van der Waals surface area contributed by atoms with Gasteiger partial charge in [0, 0.05) is 23.6 Å². The first-order valence-corrected chi connectivity index (χ1v) is 5.74. The molecule has 0 atom stereocenters. The minimum atomic E-state index is -0.308. The Labute approximate surface area is 97.7 Å². The number of hydrogen-bond donors (Lipinski definition) is 0. The zero-order chi connectivity index (χ0) is 11.5. The van der Waals surface area contributed by atoms with Crippen molar-refractivity contribution in [2.75, 3.05) is 0 Å². The number of aryl methyl sites for hydroxylation is 1. The van der Waals surface area contributed by atoms with Crippen LogP contribution in [0.2, 0.25) is 0 Å². The third kappa shape index (κ3) is 2.46. The summed E-state index contributed by atoms with van der Waals surface area (Å²) < 4.78 is 4.95. The van der Waals surface area contributed by atoms with Crippen LogP contribution in [-0.2, 0) is 4.79 Å². The summed E-state index contributed by atoms with van der Waals surface area (Å²) >= 11 is 1.60. The summed E-state index contributed by atoms with van der Waals surface area (Å²) in [5.41, 5.74) is 2.05. The first-order valence-electron chi connectivity index (χ1n) is 4.86. The highest BCUT2D eigenvalue weighted by Gasteiger charge is 2.03. The smallest absolute Gasteiger partial charge is 0.308 e. The molecular weight excluding hydrogens is 222 g/mol. The second-order valence-corrected chi connectivity index (χ2v) is 4.27. The molecule has 0 saturated carbocycles. The van der Waals surface area contributed by atoms with Gasteiger partial charge in [0.25, 0.3) is 0 Å². The summed E-state index contributed by atoms with van der Waals surface area (Å²) in [5, 5.41) is 2.99. The van der Waals surface area contributed by atoms with Crippen LogP contribution in [0.25, 0.3) is 10.6 Å². The Balaban J connectivity index is 2.22. The molecule has 0 unspecified atom stereocenters. The van der Waals surface area contributed by atoms with Crippen molar-refractivity contribution in [1.82, 2.24) is 4.98 Å². The van der Waals surface area contributed by atoms with Gasteiger partial charge >= 0.3 is 5.97 Å². The standard InChI is InChI=1S/C12H11NO2S/c1-8-7-16-12(13-8)10-3-5-11(6-4-10)15-9(2)14/h3-7H,1-2H3. The fourth-order valence-electron chi connectivity index (χ4n) is 1.32. The minimum Gasteiger partial charge on any atom is -0.427 e. The van der Waals surface area contributed by atoms with Gasteiger partial charge in [-0.1, -0.05) is 0 Å². The molecule has 82 valence electrons. The Morgan fingerprint density at radius 1 is 1.31 bits per heavy atom. The third-order valence-corrected chi connectivity index (χ3v) is 2.99. The molecule has 0 bridgehead atoms. The SMILES string of the molecule is CC(=O)Oc1ccc(-c2nc(C)cs2)cc1. The van der Waals surface area contributed by atoms with Crippen LogP contribution in [0.5, 0.6) is 5.75 Å². The molecule has 0 spiro atoms. The molecule has 0 radical (unpaired) electrons.